The van der Waals surface area contributed by atoms with Crippen molar-refractivity contribution < 1.29 is 13.9 Å². The molecule has 23 heavy (non-hydrogen) atoms. The standard InChI is InChI=1S/C18H17FN2O2/c1-2-9-23-17-6-4-3-5-15(17)21-18(22)16-11-12-10-13(19)7-8-14(12)20-16/h3-8,10-11,20H,2,9H2,1H3,(H,21,22). The van der Waals surface area contributed by atoms with Crippen LogP contribution in [0.15, 0.2) is 48.5 Å². The number of fused-ring (bicyclic) bond motifs is 1. The smallest absolute Gasteiger partial charge is 0.272 e. The van der Waals surface area contributed by atoms with Gasteiger partial charge in [-0.3, -0.25) is 4.79 Å². The lowest BCUT2D eigenvalue weighted by Gasteiger charge is -2.11. The molecule has 0 saturated carbocycles. The molecule has 118 valence electrons. The molecule has 4 nitrogen and oxygen atoms in total. The molecule has 3 rings (SSSR count). The fraction of sp³-hybridized carbons (Fsp3) is 0.167. The minimum absolute atomic E-state index is 0.297. The predicted octanol–water partition coefficient (Wildman–Crippen LogP) is 4.35. The van der Waals surface area contributed by atoms with E-state index in [0.717, 1.165) is 6.42 Å². The number of hydrogen-bond donors (Lipinski definition) is 2. The number of hydrogen-bond acceptors (Lipinski definition) is 2. The fourth-order valence-electron chi connectivity index (χ4n) is 2.32. The maximum absolute atomic E-state index is 13.2. The van der Waals surface area contributed by atoms with Crippen LogP contribution in [0, 0.1) is 5.82 Å². The van der Waals surface area contributed by atoms with Crippen molar-refractivity contribution in [3.05, 3.63) is 60.0 Å². The number of halogens is 1. The Kier molecular flexibility index (Phi) is 4.28. The average molecular weight is 312 g/mol. The first-order valence-electron chi connectivity index (χ1n) is 7.49. The van der Waals surface area contributed by atoms with Crippen molar-refractivity contribution in [3.63, 3.8) is 0 Å². The number of amides is 1. The van der Waals surface area contributed by atoms with Crippen LogP contribution >= 0.6 is 0 Å². The van der Waals surface area contributed by atoms with Gasteiger partial charge in [-0.05, 0) is 42.8 Å². The third-order valence-electron chi connectivity index (χ3n) is 3.42. The van der Waals surface area contributed by atoms with E-state index in [1.807, 2.05) is 25.1 Å². The van der Waals surface area contributed by atoms with Crippen LogP contribution < -0.4 is 10.1 Å². The van der Waals surface area contributed by atoms with Crippen LogP contribution in [-0.2, 0) is 0 Å². The lowest BCUT2D eigenvalue weighted by molar-refractivity contribution is 0.102. The summed E-state index contributed by atoms with van der Waals surface area (Å²) < 4.78 is 18.9. The Labute approximate surface area is 133 Å². The van der Waals surface area contributed by atoms with Crippen molar-refractivity contribution in [2.24, 2.45) is 0 Å². The monoisotopic (exact) mass is 312 g/mol. The highest BCUT2D eigenvalue weighted by Gasteiger charge is 2.12. The summed E-state index contributed by atoms with van der Waals surface area (Å²) in [6.45, 7) is 2.60. The molecular formula is C18H17FN2O2. The number of ether oxygens (including phenoxy) is 1. The molecule has 0 fully saturated rings. The topological polar surface area (TPSA) is 54.1 Å². The van der Waals surface area contributed by atoms with E-state index in [-0.39, 0.29) is 11.7 Å². The lowest BCUT2D eigenvalue weighted by atomic mass is 10.2. The number of carbonyl (C=O) groups is 1. The van der Waals surface area contributed by atoms with Gasteiger partial charge in [0, 0.05) is 10.9 Å². The lowest BCUT2D eigenvalue weighted by Crippen LogP contribution is -2.13. The van der Waals surface area contributed by atoms with Gasteiger partial charge in [-0.1, -0.05) is 19.1 Å². The number of aromatic nitrogens is 1. The van der Waals surface area contributed by atoms with Gasteiger partial charge in [-0.25, -0.2) is 4.39 Å². The van der Waals surface area contributed by atoms with Gasteiger partial charge in [0.05, 0.1) is 12.3 Å². The van der Waals surface area contributed by atoms with Gasteiger partial charge in [-0.15, -0.1) is 0 Å². The molecule has 0 aliphatic rings. The Morgan fingerprint density at radius 3 is 2.87 bits per heavy atom. The quantitative estimate of drug-likeness (QED) is 0.736. The normalized spacial score (nSPS) is 10.7. The number of para-hydroxylation sites is 2. The van der Waals surface area contributed by atoms with Crippen LogP contribution in [-0.4, -0.2) is 17.5 Å². The second kappa shape index (κ2) is 6.52. The molecule has 2 aromatic carbocycles. The summed E-state index contributed by atoms with van der Waals surface area (Å²) in [5.41, 5.74) is 1.69. The molecule has 3 aromatic rings. The molecule has 1 amide bonds. The highest BCUT2D eigenvalue weighted by atomic mass is 19.1. The van der Waals surface area contributed by atoms with Gasteiger partial charge < -0.3 is 15.0 Å². The number of aromatic amines is 1. The highest BCUT2D eigenvalue weighted by Crippen LogP contribution is 2.25. The van der Waals surface area contributed by atoms with Gasteiger partial charge in [0.15, 0.2) is 0 Å². The van der Waals surface area contributed by atoms with E-state index in [4.69, 9.17) is 4.74 Å². The highest BCUT2D eigenvalue weighted by molar-refractivity contribution is 6.06. The maximum Gasteiger partial charge on any atom is 0.272 e. The Hall–Kier alpha value is -2.82. The molecule has 0 atom stereocenters. The molecule has 0 aliphatic heterocycles. The van der Waals surface area contributed by atoms with E-state index in [0.29, 0.717) is 34.6 Å². The van der Waals surface area contributed by atoms with Gasteiger partial charge in [0.25, 0.3) is 5.91 Å². The van der Waals surface area contributed by atoms with E-state index in [1.54, 1.807) is 18.2 Å². The third-order valence-corrected chi connectivity index (χ3v) is 3.42. The fourth-order valence-corrected chi connectivity index (χ4v) is 2.32. The molecule has 0 saturated heterocycles. The summed E-state index contributed by atoms with van der Waals surface area (Å²) in [5, 5.41) is 3.48. The largest absolute Gasteiger partial charge is 0.491 e. The first-order valence-corrected chi connectivity index (χ1v) is 7.49. The van der Waals surface area contributed by atoms with E-state index in [9.17, 15) is 9.18 Å². The summed E-state index contributed by atoms with van der Waals surface area (Å²) in [5.74, 6) is 0.000724. The number of carbonyl (C=O) groups excluding carboxylic acids is 1. The number of rotatable bonds is 5. The second-order valence-corrected chi connectivity index (χ2v) is 5.21. The van der Waals surface area contributed by atoms with E-state index in [2.05, 4.69) is 10.3 Å². The molecular weight excluding hydrogens is 295 g/mol. The van der Waals surface area contributed by atoms with Crippen molar-refractivity contribution in [1.82, 2.24) is 4.98 Å². The first kappa shape index (κ1) is 15.1. The van der Waals surface area contributed by atoms with Crippen LogP contribution in [0.1, 0.15) is 23.8 Å². The molecule has 5 heteroatoms. The number of nitrogens with one attached hydrogen (secondary N) is 2. The van der Waals surface area contributed by atoms with Crippen molar-refractivity contribution >= 4 is 22.5 Å². The molecule has 0 radical (unpaired) electrons. The summed E-state index contributed by atoms with van der Waals surface area (Å²) in [7, 11) is 0. The molecule has 1 aromatic heterocycles. The minimum Gasteiger partial charge on any atom is -0.491 e. The molecule has 0 bridgehead atoms. The molecule has 1 heterocycles. The third kappa shape index (κ3) is 3.34. The maximum atomic E-state index is 13.2. The number of benzene rings is 2. The first-order chi connectivity index (χ1) is 11.2. The average Bonchev–Trinajstić information content (AvgIpc) is 2.97. The van der Waals surface area contributed by atoms with Gasteiger partial charge in [0.1, 0.15) is 17.3 Å². The summed E-state index contributed by atoms with van der Waals surface area (Å²) in [6.07, 6.45) is 0.885. The van der Waals surface area contributed by atoms with Crippen LogP contribution in [0.2, 0.25) is 0 Å². The Bertz CT molecular complexity index is 842. The summed E-state index contributed by atoms with van der Waals surface area (Å²) >= 11 is 0. The van der Waals surface area contributed by atoms with Crippen LogP contribution in [0.5, 0.6) is 5.75 Å². The van der Waals surface area contributed by atoms with E-state index < -0.39 is 0 Å². The Balaban J connectivity index is 1.83. The number of anilines is 1. The van der Waals surface area contributed by atoms with E-state index >= 15 is 0 Å². The van der Waals surface area contributed by atoms with Crippen LogP contribution in [0.4, 0.5) is 10.1 Å². The minimum atomic E-state index is -0.332. The molecule has 0 spiro atoms. The van der Waals surface area contributed by atoms with Crippen LogP contribution in [0.25, 0.3) is 10.9 Å². The van der Waals surface area contributed by atoms with Gasteiger partial charge in [0.2, 0.25) is 0 Å². The van der Waals surface area contributed by atoms with Gasteiger partial charge in [-0.2, -0.15) is 0 Å². The van der Waals surface area contributed by atoms with Crippen LogP contribution in [0.3, 0.4) is 0 Å². The zero-order chi connectivity index (χ0) is 16.2. The Morgan fingerprint density at radius 2 is 2.04 bits per heavy atom. The molecule has 0 aliphatic carbocycles. The van der Waals surface area contributed by atoms with Crippen molar-refractivity contribution in [3.8, 4) is 5.75 Å². The predicted molar refractivity (Wildman–Crippen MR) is 88.4 cm³/mol. The van der Waals surface area contributed by atoms with Crippen molar-refractivity contribution in [2.75, 3.05) is 11.9 Å². The SMILES string of the molecule is CCCOc1ccccc1NC(=O)c1cc2cc(F)ccc2[nH]1. The zero-order valence-corrected chi connectivity index (χ0v) is 12.7. The summed E-state index contributed by atoms with van der Waals surface area (Å²) in [6, 6.07) is 13.3. The molecule has 2 N–H and O–H groups in total. The van der Waals surface area contributed by atoms with Gasteiger partial charge >= 0.3 is 0 Å². The van der Waals surface area contributed by atoms with Crippen molar-refractivity contribution in [2.45, 2.75) is 13.3 Å². The zero-order valence-electron chi connectivity index (χ0n) is 12.7. The van der Waals surface area contributed by atoms with E-state index in [1.165, 1.54) is 12.1 Å². The van der Waals surface area contributed by atoms with Crippen molar-refractivity contribution in [1.29, 1.82) is 0 Å². The number of H-pyrrole nitrogens is 1. The Morgan fingerprint density at radius 1 is 1.22 bits per heavy atom. The summed E-state index contributed by atoms with van der Waals surface area (Å²) in [4.78, 5) is 15.4. The molecule has 0 unspecified atom stereocenters. The second-order valence-electron chi connectivity index (χ2n) is 5.21.